The van der Waals surface area contributed by atoms with E-state index in [4.69, 9.17) is 4.74 Å². The van der Waals surface area contributed by atoms with Gasteiger partial charge in [-0.25, -0.2) is 0 Å². The van der Waals surface area contributed by atoms with Crippen LogP contribution in [0.15, 0.2) is 60.7 Å². The van der Waals surface area contributed by atoms with E-state index in [1.54, 1.807) is 36.4 Å². The Labute approximate surface area is 132 Å². The summed E-state index contributed by atoms with van der Waals surface area (Å²) in [6.45, 7) is 1.40. The Kier molecular flexibility index (Phi) is 5.26. The Bertz CT molecular complexity index is 629. The van der Waals surface area contributed by atoms with Gasteiger partial charge in [0.1, 0.15) is 5.75 Å². The van der Waals surface area contributed by atoms with Crippen LogP contribution in [0.25, 0.3) is 0 Å². The number of hydrogen-bond donors (Lipinski definition) is 1. The SMILES string of the molecule is CC(Oc1ccccc1)C(=O)NC(c1ccccc1)C(F)(F)F. The zero-order valence-corrected chi connectivity index (χ0v) is 12.4. The van der Waals surface area contributed by atoms with Crippen molar-refractivity contribution in [2.45, 2.75) is 25.2 Å². The molecule has 0 saturated heterocycles. The van der Waals surface area contributed by atoms with Crippen molar-refractivity contribution in [2.24, 2.45) is 0 Å². The third-order valence-electron chi connectivity index (χ3n) is 3.17. The normalized spacial score (nSPS) is 13.9. The molecule has 0 aliphatic heterocycles. The van der Waals surface area contributed by atoms with E-state index < -0.39 is 24.2 Å². The van der Waals surface area contributed by atoms with E-state index in [2.05, 4.69) is 0 Å². The molecule has 0 aromatic heterocycles. The molecular formula is C17H16F3NO2. The second kappa shape index (κ2) is 7.17. The van der Waals surface area contributed by atoms with Gasteiger partial charge in [-0.05, 0) is 24.6 Å². The van der Waals surface area contributed by atoms with Crippen molar-refractivity contribution < 1.29 is 22.7 Å². The van der Waals surface area contributed by atoms with Crippen LogP contribution in [0.3, 0.4) is 0 Å². The first-order chi connectivity index (χ1) is 10.9. The minimum Gasteiger partial charge on any atom is -0.481 e. The highest BCUT2D eigenvalue weighted by Crippen LogP contribution is 2.32. The van der Waals surface area contributed by atoms with Gasteiger partial charge in [0.15, 0.2) is 12.1 Å². The summed E-state index contributed by atoms with van der Waals surface area (Å²) in [6.07, 6.45) is -5.64. The summed E-state index contributed by atoms with van der Waals surface area (Å²) in [5, 5.41) is 2.00. The number of nitrogens with one attached hydrogen (secondary N) is 1. The van der Waals surface area contributed by atoms with Crippen molar-refractivity contribution >= 4 is 5.91 Å². The van der Waals surface area contributed by atoms with Crippen LogP contribution in [0, 0.1) is 0 Å². The zero-order chi connectivity index (χ0) is 16.9. The molecule has 2 unspecified atom stereocenters. The van der Waals surface area contributed by atoms with Crippen molar-refractivity contribution in [3.05, 3.63) is 66.2 Å². The summed E-state index contributed by atoms with van der Waals surface area (Å²) in [7, 11) is 0. The summed E-state index contributed by atoms with van der Waals surface area (Å²) in [5.74, 6) is -0.418. The number of benzene rings is 2. The van der Waals surface area contributed by atoms with Crippen LogP contribution in [-0.4, -0.2) is 18.2 Å². The molecule has 0 aliphatic rings. The number of alkyl halides is 3. The largest absolute Gasteiger partial charge is 0.481 e. The van der Waals surface area contributed by atoms with E-state index in [1.807, 2.05) is 5.32 Å². The molecule has 0 aliphatic carbocycles. The first kappa shape index (κ1) is 16.9. The lowest BCUT2D eigenvalue weighted by Gasteiger charge is -2.24. The van der Waals surface area contributed by atoms with Crippen molar-refractivity contribution in [2.75, 3.05) is 0 Å². The summed E-state index contributed by atoms with van der Waals surface area (Å²) in [6, 6.07) is 13.6. The van der Waals surface area contributed by atoms with Gasteiger partial charge in [0.2, 0.25) is 0 Å². The van der Waals surface area contributed by atoms with Crippen LogP contribution in [0.5, 0.6) is 5.75 Å². The molecule has 0 spiro atoms. The molecule has 2 rings (SSSR count). The molecule has 0 radical (unpaired) electrons. The molecule has 1 amide bonds. The fraction of sp³-hybridized carbons (Fsp3) is 0.235. The number of carbonyl (C=O) groups excluding carboxylic acids is 1. The molecular weight excluding hydrogens is 307 g/mol. The number of para-hydroxylation sites is 1. The molecule has 3 nitrogen and oxygen atoms in total. The topological polar surface area (TPSA) is 38.3 Å². The first-order valence-electron chi connectivity index (χ1n) is 7.01. The van der Waals surface area contributed by atoms with Crippen molar-refractivity contribution in [1.29, 1.82) is 0 Å². The van der Waals surface area contributed by atoms with E-state index in [0.717, 1.165) is 0 Å². The van der Waals surface area contributed by atoms with E-state index in [9.17, 15) is 18.0 Å². The van der Waals surface area contributed by atoms with Crippen molar-refractivity contribution in [1.82, 2.24) is 5.32 Å². The highest BCUT2D eigenvalue weighted by molar-refractivity contribution is 5.81. The van der Waals surface area contributed by atoms with Gasteiger partial charge < -0.3 is 10.1 Å². The number of carbonyl (C=O) groups is 1. The van der Waals surface area contributed by atoms with Gasteiger partial charge in [0.25, 0.3) is 5.91 Å². The van der Waals surface area contributed by atoms with E-state index >= 15 is 0 Å². The Morgan fingerprint density at radius 2 is 1.52 bits per heavy atom. The minimum atomic E-state index is -4.59. The molecule has 6 heteroatoms. The number of ether oxygens (including phenoxy) is 1. The van der Waals surface area contributed by atoms with E-state index in [1.165, 1.54) is 31.2 Å². The maximum atomic E-state index is 13.2. The number of rotatable bonds is 5. The van der Waals surface area contributed by atoms with E-state index in [0.29, 0.717) is 5.75 Å². The third kappa shape index (κ3) is 4.74. The van der Waals surface area contributed by atoms with Gasteiger partial charge in [0.05, 0.1) is 0 Å². The van der Waals surface area contributed by atoms with Crippen LogP contribution >= 0.6 is 0 Å². The molecule has 0 heterocycles. The molecule has 0 bridgehead atoms. The smallest absolute Gasteiger partial charge is 0.412 e. The Morgan fingerprint density at radius 1 is 1.00 bits per heavy atom. The fourth-order valence-corrected chi connectivity index (χ4v) is 2.02. The van der Waals surface area contributed by atoms with Crippen LogP contribution in [0.4, 0.5) is 13.2 Å². The lowest BCUT2D eigenvalue weighted by molar-refractivity contribution is -0.165. The van der Waals surface area contributed by atoms with Crippen molar-refractivity contribution in [3.8, 4) is 5.75 Å². The third-order valence-corrected chi connectivity index (χ3v) is 3.17. The Balaban J connectivity index is 2.09. The second-order valence-electron chi connectivity index (χ2n) is 4.97. The second-order valence-corrected chi connectivity index (χ2v) is 4.97. The lowest BCUT2D eigenvalue weighted by Crippen LogP contribution is -2.43. The summed E-state index contributed by atoms with van der Waals surface area (Å²) < 4.78 is 44.9. The van der Waals surface area contributed by atoms with Gasteiger partial charge in [-0.15, -0.1) is 0 Å². The number of hydrogen-bond acceptors (Lipinski definition) is 2. The maximum Gasteiger partial charge on any atom is 0.412 e. The average Bonchev–Trinajstić information content (AvgIpc) is 2.53. The van der Waals surface area contributed by atoms with Gasteiger partial charge >= 0.3 is 6.18 Å². The lowest BCUT2D eigenvalue weighted by atomic mass is 10.1. The molecule has 2 aromatic rings. The van der Waals surface area contributed by atoms with Crippen LogP contribution in [-0.2, 0) is 4.79 Å². The summed E-state index contributed by atoms with van der Waals surface area (Å²) >= 11 is 0. The molecule has 23 heavy (non-hydrogen) atoms. The van der Waals surface area contributed by atoms with Crippen LogP contribution < -0.4 is 10.1 Å². The van der Waals surface area contributed by atoms with Gasteiger partial charge in [-0.3, -0.25) is 4.79 Å². The maximum absolute atomic E-state index is 13.2. The van der Waals surface area contributed by atoms with Crippen molar-refractivity contribution in [3.63, 3.8) is 0 Å². The summed E-state index contributed by atoms with van der Waals surface area (Å²) in [4.78, 5) is 12.0. The molecule has 0 fully saturated rings. The predicted octanol–water partition coefficient (Wildman–Crippen LogP) is 3.87. The van der Waals surface area contributed by atoms with E-state index in [-0.39, 0.29) is 5.56 Å². The average molecular weight is 323 g/mol. The molecule has 122 valence electrons. The predicted molar refractivity (Wildman–Crippen MR) is 79.9 cm³/mol. The van der Waals surface area contributed by atoms with Gasteiger partial charge in [-0.1, -0.05) is 48.5 Å². The summed E-state index contributed by atoms with van der Waals surface area (Å²) in [5.41, 5.74) is -0.0275. The molecule has 1 N–H and O–H groups in total. The quantitative estimate of drug-likeness (QED) is 0.907. The van der Waals surface area contributed by atoms with Gasteiger partial charge in [0, 0.05) is 0 Å². The number of amides is 1. The molecule has 2 aromatic carbocycles. The highest BCUT2D eigenvalue weighted by Gasteiger charge is 2.42. The highest BCUT2D eigenvalue weighted by atomic mass is 19.4. The molecule has 2 atom stereocenters. The zero-order valence-electron chi connectivity index (χ0n) is 12.4. The van der Waals surface area contributed by atoms with Gasteiger partial charge in [-0.2, -0.15) is 13.2 Å². The monoisotopic (exact) mass is 323 g/mol. The minimum absolute atomic E-state index is 0.0275. The van der Waals surface area contributed by atoms with Crippen LogP contribution in [0.2, 0.25) is 0 Å². The fourth-order valence-electron chi connectivity index (χ4n) is 2.02. The standard InChI is InChI=1S/C17H16F3NO2/c1-12(23-14-10-6-3-7-11-14)16(22)21-15(17(18,19)20)13-8-4-2-5-9-13/h2-12,15H,1H3,(H,21,22). The Hall–Kier alpha value is -2.50. The molecule has 0 saturated carbocycles. The van der Waals surface area contributed by atoms with Crippen LogP contribution in [0.1, 0.15) is 18.5 Å². The number of halogens is 3. The first-order valence-corrected chi connectivity index (χ1v) is 7.01. The Morgan fingerprint density at radius 3 is 2.04 bits per heavy atom.